The summed E-state index contributed by atoms with van der Waals surface area (Å²) in [7, 11) is 1.81. The van der Waals surface area contributed by atoms with Crippen molar-refractivity contribution in [3.05, 3.63) is 29.8 Å². The molecule has 0 radical (unpaired) electrons. The Morgan fingerprint density at radius 2 is 1.78 bits per heavy atom. The van der Waals surface area contributed by atoms with Gasteiger partial charge in [0, 0.05) is 19.6 Å². The van der Waals surface area contributed by atoms with Gasteiger partial charge in [-0.25, -0.2) is 0 Å². The standard InChI is InChI=1S/C18H31N3O.HI/c1-14(2)16(4)21-18(19-5)20-12-6-7-13-22-17-10-8-15(3)9-11-17;/h8-11,14,16H,6-7,12-13H2,1-5H3,(H2,19,20,21);1H. The van der Waals surface area contributed by atoms with E-state index in [1.165, 1.54) is 5.56 Å². The number of halogens is 1. The van der Waals surface area contributed by atoms with Gasteiger partial charge in [0.2, 0.25) is 0 Å². The number of aliphatic imine (C=N–C) groups is 1. The van der Waals surface area contributed by atoms with Crippen LogP contribution < -0.4 is 15.4 Å². The molecule has 0 spiro atoms. The van der Waals surface area contributed by atoms with Gasteiger partial charge in [-0.05, 0) is 44.7 Å². The number of unbranched alkanes of at least 4 members (excludes halogenated alkanes) is 1. The second kappa shape index (κ2) is 12.4. The first-order valence-electron chi connectivity index (χ1n) is 8.19. The van der Waals surface area contributed by atoms with Gasteiger partial charge in [-0.1, -0.05) is 31.5 Å². The predicted octanol–water partition coefficient (Wildman–Crippen LogP) is 3.98. The molecule has 5 heteroatoms. The lowest BCUT2D eigenvalue weighted by Crippen LogP contribution is -2.44. The number of aryl methyl sites for hydroxylation is 1. The van der Waals surface area contributed by atoms with Crippen molar-refractivity contribution in [1.29, 1.82) is 0 Å². The quantitative estimate of drug-likeness (QED) is 0.282. The van der Waals surface area contributed by atoms with Gasteiger partial charge in [0.05, 0.1) is 6.61 Å². The first-order chi connectivity index (χ1) is 10.5. The second-order valence-electron chi connectivity index (χ2n) is 6.04. The van der Waals surface area contributed by atoms with Gasteiger partial charge >= 0.3 is 0 Å². The molecule has 1 atom stereocenters. The number of rotatable bonds is 8. The van der Waals surface area contributed by atoms with E-state index in [1.54, 1.807) is 0 Å². The van der Waals surface area contributed by atoms with E-state index in [-0.39, 0.29) is 24.0 Å². The molecule has 1 rings (SSSR count). The van der Waals surface area contributed by atoms with Crippen molar-refractivity contribution >= 4 is 29.9 Å². The molecular formula is C18H32IN3O. The molecule has 0 bridgehead atoms. The van der Waals surface area contributed by atoms with Crippen molar-refractivity contribution in [3.63, 3.8) is 0 Å². The number of ether oxygens (including phenoxy) is 1. The number of benzene rings is 1. The van der Waals surface area contributed by atoms with Crippen LogP contribution in [0.1, 0.15) is 39.2 Å². The maximum atomic E-state index is 5.72. The summed E-state index contributed by atoms with van der Waals surface area (Å²) in [5, 5.41) is 6.74. The number of guanidine groups is 1. The molecule has 0 aromatic heterocycles. The Morgan fingerprint density at radius 1 is 1.13 bits per heavy atom. The van der Waals surface area contributed by atoms with Crippen molar-refractivity contribution < 1.29 is 4.74 Å². The van der Waals surface area contributed by atoms with Gasteiger partial charge in [0.1, 0.15) is 5.75 Å². The van der Waals surface area contributed by atoms with Crippen LogP contribution in [0.15, 0.2) is 29.3 Å². The van der Waals surface area contributed by atoms with Gasteiger partial charge in [-0.15, -0.1) is 24.0 Å². The van der Waals surface area contributed by atoms with E-state index >= 15 is 0 Å². The average Bonchev–Trinajstić information content (AvgIpc) is 2.50. The minimum Gasteiger partial charge on any atom is -0.494 e. The highest BCUT2D eigenvalue weighted by Gasteiger charge is 2.08. The van der Waals surface area contributed by atoms with Crippen LogP contribution in [0.25, 0.3) is 0 Å². The van der Waals surface area contributed by atoms with E-state index < -0.39 is 0 Å². The van der Waals surface area contributed by atoms with E-state index in [2.05, 4.69) is 55.5 Å². The summed E-state index contributed by atoms with van der Waals surface area (Å²) in [4.78, 5) is 4.25. The largest absolute Gasteiger partial charge is 0.494 e. The molecule has 0 aliphatic heterocycles. The minimum atomic E-state index is 0. The first kappa shape index (κ1) is 22.0. The molecule has 0 saturated carbocycles. The lowest BCUT2D eigenvalue weighted by Gasteiger charge is -2.20. The van der Waals surface area contributed by atoms with Crippen LogP contribution >= 0.6 is 24.0 Å². The van der Waals surface area contributed by atoms with E-state index in [1.807, 2.05) is 19.2 Å². The first-order valence-corrected chi connectivity index (χ1v) is 8.19. The van der Waals surface area contributed by atoms with Gasteiger partial charge in [-0.3, -0.25) is 4.99 Å². The normalized spacial score (nSPS) is 12.5. The van der Waals surface area contributed by atoms with E-state index in [9.17, 15) is 0 Å². The fraction of sp³-hybridized carbons (Fsp3) is 0.611. The molecule has 0 saturated heterocycles. The van der Waals surface area contributed by atoms with Crippen LogP contribution in [0.4, 0.5) is 0 Å². The van der Waals surface area contributed by atoms with Crippen LogP contribution in [-0.4, -0.2) is 32.2 Å². The zero-order valence-corrected chi connectivity index (χ0v) is 17.4. The smallest absolute Gasteiger partial charge is 0.191 e. The van der Waals surface area contributed by atoms with Crippen molar-refractivity contribution in [2.24, 2.45) is 10.9 Å². The summed E-state index contributed by atoms with van der Waals surface area (Å²) in [6, 6.07) is 8.60. The lowest BCUT2D eigenvalue weighted by molar-refractivity contribution is 0.307. The van der Waals surface area contributed by atoms with Crippen LogP contribution in [0, 0.1) is 12.8 Å². The molecule has 0 aliphatic carbocycles. The van der Waals surface area contributed by atoms with Crippen molar-refractivity contribution in [2.45, 2.75) is 46.6 Å². The molecule has 23 heavy (non-hydrogen) atoms. The van der Waals surface area contributed by atoms with Gasteiger partial charge in [0.25, 0.3) is 0 Å². The summed E-state index contributed by atoms with van der Waals surface area (Å²) >= 11 is 0. The molecule has 0 aliphatic rings. The number of nitrogens with one attached hydrogen (secondary N) is 2. The van der Waals surface area contributed by atoms with Crippen LogP contribution in [0.2, 0.25) is 0 Å². The molecule has 1 aromatic rings. The van der Waals surface area contributed by atoms with Crippen LogP contribution in [0.5, 0.6) is 5.75 Å². The Labute approximate surface area is 158 Å². The summed E-state index contributed by atoms with van der Waals surface area (Å²) in [5.41, 5.74) is 1.26. The van der Waals surface area contributed by atoms with Gasteiger partial charge in [0.15, 0.2) is 5.96 Å². The lowest BCUT2D eigenvalue weighted by atomic mass is 10.1. The molecule has 0 heterocycles. The van der Waals surface area contributed by atoms with E-state index in [0.717, 1.165) is 37.7 Å². The van der Waals surface area contributed by atoms with Crippen molar-refractivity contribution in [2.75, 3.05) is 20.2 Å². The summed E-state index contributed by atoms with van der Waals surface area (Å²) in [6.07, 6.45) is 2.08. The maximum Gasteiger partial charge on any atom is 0.191 e. The number of hydrogen-bond donors (Lipinski definition) is 2. The Morgan fingerprint density at radius 3 is 2.35 bits per heavy atom. The summed E-state index contributed by atoms with van der Waals surface area (Å²) < 4.78 is 5.72. The van der Waals surface area contributed by atoms with E-state index in [4.69, 9.17) is 4.74 Å². The Hall–Kier alpha value is -0.980. The highest BCUT2D eigenvalue weighted by Crippen LogP contribution is 2.11. The van der Waals surface area contributed by atoms with Crippen molar-refractivity contribution in [3.8, 4) is 5.75 Å². The van der Waals surface area contributed by atoms with Crippen LogP contribution in [0.3, 0.4) is 0 Å². The zero-order valence-electron chi connectivity index (χ0n) is 15.1. The fourth-order valence-corrected chi connectivity index (χ4v) is 1.84. The van der Waals surface area contributed by atoms with Gasteiger partial charge in [-0.2, -0.15) is 0 Å². The van der Waals surface area contributed by atoms with Crippen molar-refractivity contribution in [1.82, 2.24) is 10.6 Å². The summed E-state index contributed by atoms with van der Waals surface area (Å²) in [5.74, 6) is 2.41. The summed E-state index contributed by atoms with van der Waals surface area (Å²) in [6.45, 7) is 10.3. The third-order valence-corrected chi connectivity index (χ3v) is 3.74. The topological polar surface area (TPSA) is 45.7 Å². The number of nitrogens with zero attached hydrogens (tertiary/aromatic N) is 1. The molecular weight excluding hydrogens is 401 g/mol. The maximum absolute atomic E-state index is 5.72. The third-order valence-electron chi connectivity index (χ3n) is 3.74. The minimum absolute atomic E-state index is 0. The Kier molecular flexibility index (Phi) is 11.9. The molecule has 0 fully saturated rings. The van der Waals surface area contributed by atoms with E-state index in [0.29, 0.717) is 12.0 Å². The monoisotopic (exact) mass is 433 g/mol. The Bertz CT molecular complexity index is 446. The molecule has 1 unspecified atom stereocenters. The molecule has 0 amide bonds. The average molecular weight is 433 g/mol. The molecule has 132 valence electrons. The second-order valence-corrected chi connectivity index (χ2v) is 6.04. The molecule has 2 N–H and O–H groups in total. The SMILES string of the molecule is CN=C(NCCCCOc1ccc(C)cc1)NC(C)C(C)C.I. The Balaban J connectivity index is 0.00000484. The fourth-order valence-electron chi connectivity index (χ4n) is 1.84. The predicted molar refractivity (Wildman–Crippen MR) is 110 cm³/mol. The highest BCUT2D eigenvalue weighted by molar-refractivity contribution is 14.0. The zero-order chi connectivity index (χ0) is 16.4. The number of hydrogen-bond acceptors (Lipinski definition) is 2. The highest BCUT2D eigenvalue weighted by atomic mass is 127. The third kappa shape index (κ3) is 9.69. The van der Waals surface area contributed by atoms with Gasteiger partial charge < -0.3 is 15.4 Å². The molecule has 1 aromatic carbocycles. The van der Waals surface area contributed by atoms with Crippen LogP contribution in [-0.2, 0) is 0 Å². The molecule has 4 nitrogen and oxygen atoms in total.